The van der Waals surface area contributed by atoms with Gasteiger partial charge >= 0.3 is 24.1 Å². The molecule has 0 aromatic rings. The summed E-state index contributed by atoms with van der Waals surface area (Å²) >= 11 is 0. The molecule has 0 aromatic heterocycles. The van der Waals surface area contributed by atoms with Gasteiger partial charge in [0.1, 0.15) is 12.2 Å². The van der Waals surface area contributed by atoms with Crippen molar-refractivity contribution in [2.24, 2.45) is 11.5 Å². The summed E-state index contributed by atoms with van der Waals surface area (Å²) in [5.41, 5.74) is 10.9. The number of nitrogens with two attached hydrogens (primary N) is 2. The highest BCUT2D eigenvalue weighted by Crippen LogP contribution is 2.27. The van der Waals surface area contributed by atoms with E-state index in [1.807, 2.05) is 0 Å². The maximum Gasteiger partial charge on any atom is 0.407 e. The van der Waals surface area contributed by atoms with Crippen molar-refractivity contribution in [3.8, 4) is 0 Å². The Labute approximate surface area is 375 Å². The van der Waals surface area contributed by atoms with Crippen LogP contribution in [-0.2, 0) is 38.1 Å². The molecule has 2 aliphatic rings. The molecule has 4 amide bonds. The molecule has 0 unspecified atom stereocenters. The lowest BCUT2D eigenvalue weighted by atomic mass is 9.92. The Morgan fingerprint density at radius 3 is 1.17 bits per heavy atom. The SMILES string of the molecule is CC(=O)N[C@H]1[C@H]([C@H](OC(=O)NCCCCCCCCCCCCCNC(=O)O[C@@H]([C@@H]2OC(C(=O)O)=C[C@H](NC(=N)N)[C@H]2NC(C)=O)[C@H](O)CO)[C@H](O)CO)OC(C(=O)O)=C[C@@H]1NC(=N)N. The number of rotatable bonds is 28. The summed E-state index contributed by atoms with van der Waals surface area (Å²) in [4.78, 5) is 73.1. The second kappa shape index (κ2) is 28.6. The smallest absolute Gasteiger partial charge is 0.407 e. The first kappa shape index (κ1) is 55.0. The lowest BCUT2D eigenvalue weighted by molar-refractivity contribution is -0.147. The molecule has 368 valence electrons. The molecule has 0 saturated heterocycles. The van der Waals surface area contributed by atoms with E-state index >= 15 is 0 Å². The number of amides is 4. The summed E-state index contributed by atoms with van der Waals surface area (Å²) in [6.45, 7) is 0.976. The highest BCUT2D eigenvalue weighted by Gasteiger charge is 2.48. The van der Waals surface area contributed by atoms with Crippen molar-refractivity contribution in [1.29, 1.82) is 10.8 Å². The normalized spacial score (nSPS) is 22.0. The van der Waals surface area contributed by atoms with E-state index in [-0.39, 0.29) is 13.1 Å². The van der Waals surface area contributed by atoms with Gasteiger partial charge in [0.2, 0.25) is 23.3 Å². The molecule has 2 heterocycles. The highest BCUT2D eigenvalue weighted by atomic mass is 16.6. The number of carbonyl (C=O) groups is 6. The van der Waals surface area contributed by atoms with Gasteiger partial charge < -0.3 is 93.0 Å². The molecule has 26 nitrogen and oxygen atoms in total. The van der Waals surface area contributed by atoms with Gasteiger partial charge in [-0.25, -0.2) is 19.2 Å². The van der Waals surface area contributed by atoms with Gasteiger partial charge in [-0.05, 0) is 25.0 Å². The monoisotopic (exact) mass is 930 g/mol. The number of carbonyl (C=O) groups excluding carboxylic acids is 4. The molecular formula is C39H66N10O16. The van der Waals surface area contributed by atoms with E-state index in [1.165, 1.54) is 13.8 Å². The molecule has 26 heteroatoms. The molecule has 0 spiro atoms. The van der Waals surface area contributed by atoms with E-state index in [1.54, 1.807) is 0 Å². The molecule has 0 saturated carbocycles. The molecule has 0 fully saturated rings. The predicted molar refractivity (Wildman–Crippen MR) is 228 cm³/mol. The molecule has 0 radical (unpaired) electrons. The van der Waals surface area contributed by atoms with Gasteiger partial charge in [0.25, 0.3) is 0 Å². The third-order valence-corrected chi connectivity index (χ3v) is 10.1. The molecule has 18 N–H and O–H groups in total. The topological polar surface area (TPSA) is 433 Å². The first-order chi connectivity index (χ1) is 30.8. The van der Waals surface area contributed by atoms with Gasteiger partial charge in [0.15, 0.2) is 36.3 Å². The average molecular weight is 931 g/mol. The summed E-state index contributed by atoms with van der Waals surface area (Å²) in [7, 11) is 0. The fourth-order valence-corrected chi connectivity index (χ4v) is 7.17. The summed E-state index contributed by atoms with van der Waals surface area (Å²) in [5, 5.41) is 90.0. The summed E-state index contributed by atoms with van der Waals surface area (Å²) in [5.74, 6) is -6.55. The first-order valence-corrected chi connectivity index (χ1v) is 21.2. The molecule has 0 aliphatic carbocycles. The van der Waals surface area contributed by atoms with E-state index in [2.05, 4.69) is 31.9 Å². The summed E-state index contributed by atoms with van der Waals surface area (Å²) < 4.78 is 21.8. The minimum atomic E-state index is -1.74. The Balaban J connectivity index is 1.70. The van der Waals surface area contributed by atoms with Crippen LogP contribution in [0.3, 0.4) is 0 Å². The zero-order valence-corrected chi connectivity index (χ0v) is 36.5. The molecule has 65 heavy (non-hydrogen) atoms. The Kier molecular flexibility index (Phi) is 24.2. The minimum absolute atomic E-state index is 0.216. The van der Waals surface area contributed by atoms with Gasteiger partial charge in [-0.15, -0.1) is 0 Å². The number of aliphatic carboxylic acids is 2. The molecule has 0 bridgehead atoms. The average Bonchev–Trinajstić information content (AvgIpc) is 3.23. The van der Waals surface area contributed by atoms with E-state index in [4.69, 9.17) is 41.2 Å². The maximum absolute atomic E-state index is 12.7. The van der Waals surface area contributed by atoms with Gasteiger partial charge in [-0.1, -0.05) is 57.8 Å². The van der Waals surface area contributed by atoms with Crippen LogP contribution in [0, 0.1) is 10.8 Å². The number of hydrogen-bond acceptors (Lipinski definition) is 16. The van der Waals surface area contributed by atoms with Crippen LogP contribution in [0.1, 0.15) is 84.5 Å². The van der Waals surface area contributed by atoms with E-state index in [9.17, 15) is 59.4 Å². The number of guanidine groups is 2. The number of carboxylic acids is 2. The highest BCUT2D eigenvalue weighted by molar-refractivity contribution is 5.86. The predicted octanol–water partition coefficient (Wildman–Crippen LogP) is -2.38. The van der Waals surface area contributed by atoms with Crippen LogP contribution in [-0.4, -0.2) is 166 Å². The molecule has 2 aliphatic heterocycles. The summed E-state index contributed by atoms with van der Waals surface area (Å²) in [6, 6.07) is -4.59. The van der Waals surface area contributed by atoms with Gasteiger partial charge in [0, 0.05) is 26.9 Å². The second-order valence-electron chi connectivity index (χ2n) is 15.4. The number of unbranched alkanes of at least 4 members (excludes halogenated alkanes) is 10. The van der Waals surface area contributed by atoms with Gasteiger partial charge in [0.05, 0.1) is 37.4 Å². The Hall–Kier alpha value is -6.12. The van der Waals surface area contributed by atoms with Crippen LogP contribution >= 0.6 is 0 Å². The largest absolute Gasteiger partial charge is 0.477 e. The molecule has 10 atom stereocenters. The van der Waals surface area contributed by atoms with Crippen LogP contribution in [0.25, 0.3) is 0 Å². The number of ether oxygens (including phenoxy) is 4. The Bertz CT molecular complexity index is 1570. The zero-order chi connectivity index (χ0) is 48.6. The first-order valence-electron chi connectivity index (χ1n) is 21.2. The van der Waals surface area contributed by atoms with Crippen LogP contribution in [0.2, 0.25) is 0 Å². The standard InChI is InChI=1S/C39H66N10O16/c1-20(52)46-28-22(48-36(40)41)16-26(34(56)57)62-32(28)30(24(54)18-50)64-38(60)44-14-12-10-8-6-4-3-5-7-9-11-13-15-45-39(61)65-31(25(55)19-51)33-29(47-21(2)53)23(49-37(42)43)17-27(63-33)35(58)59/h16-17,22-25,28-33,50-51,54-55H,3-15,18-19H2,1-2H3,(H,44,60)(H,45,61)(H,46,52)(H,47,53)(H,56,57)(H,58,59)(H4,40,41,48)(H4,42,43,49)/t22-,23-,24+,25+,28+,29+,30+,31+,32+,33+/m0/s1. The van der Waals surface area contributed by atoms with Crippen LogP contribution < -0.4 is 43.4 Å². The van der Waals surface area contributed by atoms with Crippen molar-refractivity contribution in [2.75, 3.05) is 26.3 Å². The molecule has 2 rings (SSSR count). The fraction of sp³-hybridized carbons (Fsp3) is 0.692. The van der Waals surface area contributed by atoms with Crippen molar-refractivity contribution >= 4 is 47.9 Å². The summed E-state index contributed by atoms with van der Waals surface area (Å²) in [6.07, 6.45) is -0.100. The lowest BCUT2D eigenvalue weighted by Crippen LogP contribution is -2.65. The minimum Gasteiger partial charge on any atom is -0.477 e. The quantitative estimate of drug-likeness (QED) is 0.0221. The molecule has 0 aromatic carbocycles. The third-order valence-electron chi connectivity index (χ3n) is 10.1. The zero-order valence-electron chi connectivity index (χ0n) is 36.5. The van der Waals surface area contributed by atoms with Crippen molar-refractivity contribution in [3.05, 3.63) is 23.7 Å². The molecular weight excluding hydrogens is 864 g/mol. The van der Waals surface area contributed by atoms with Crippen molar-refractivity contribution in [2.45, 2.75) is 145 Å². The number of aliphatic hydroxyl groups is 4. The van der Waals surface area contributed by atoms with Gasteiger partial charge in [-0.2, -0.15) is 0 Å². The van der Waals surface area contributed by atoms with E-state index in [0.29, 0.717) is 12.8 Å². The van der Waals surface area contributed by atoms with Crippen LogP contribution in [0.4, 0.5) is 9.59 Å². The number of nitrogens with one attached hydrogen (secondary N) is 8. The lowest BCUT2D eigenvalue weighted by Gasteiger charge is -2.41. The van der Waals surface area contributed by atoms with Crippen LogP contribution in [0.5, 0.6) is 0 Å². The number of carboxylic acid groups (broad SMARTS) is 2. The van der Waals surface area contributed by atoms with E-state index in [0.717, 1.165) is 69.9 Å². The third kappa shape index (κ3) is 19.7. The van der Waals surface area contributed by atoms with Crippen molar-refractivity contribution in [3.63, 3.8) is 0 Å². The number of hydrogen-bond donors (Lipinski definition) is 16. The maximum atomic E-state index is 12.7. The Morgan fingerprint density at radius 1 is 0.600 bits per heavy atom. The number of alkyl carbamates (subject to hydrolysis) is 2. The fourth-order valence-electron chi connectivity index (χ4n) is 7.17. The van der Waals surface area contributed by atoms with E-state index < -0.39 is 133 Å². The van der Waals surface area contributed by atoms with Crippen LogP contribution in [0.15, 0.2) is 23.7 Å². The van der Waals surface area contributed by atoms with Gasteiger partial charge in [-0.3, -0.25) is 20.4 Å². The van der Waals surface area contributed by atoms with Crippen molar-refractivity contribution in [1.82, 2.24) is 31.9 Å². The second-order valence-corrected chi connectivity index (χ2v) is 15.4. The van der Waals surface area contributed by atoms with Crippen molar-refractivity contribution < 1.29 is 78.4 Å². The number of aliphatic hydroxyl groups excluding tert-OH is 4. The Morgan fingerprint density at radius 2 is 0.908 bits per heavy atom.